The SMILES string of the molecule is CNCC1CCCCN1S(=O)(=O)Nc1ncccc1Cl. The van der Waals surface area contributed by atoms with E-state index in [1.807, 2.05) is 7.05 Å². The Labute approximate surface area is 124 Å². The van der Waals surface area contributed by atoms with Gasteiger partial charge in [-0.15, -0.1) is 0 Å². The Bertz CT molecular complexity index is 550. The van der Waals surface area contributed by atoms with E-state index in [9.17, 15) is 8.42 Å². The molecule has 1 aliphatic rings. The lowest BCUT2D eigenvalue weighted by atomic mass is 10.1. The fourth-order valence-corrected chi connectivity index (χ4v) is 4.06. The van der Waals surface area contributed by atoms with Gasteiger partial charge in [-0.25, -0.2) is 4.98 Å². The number of piperidine rings is 1. The average molecular weight is 319 g/mol. The molecule has 0 radical (unpaired) electrons. The predicted molar refractivity (Wildman–Crippen MR) is 80.1 cm³/mol. The van der Waals surface area contributed by atoms with Crippen LogP contribution in [0.3, 0.4) is 0 Å². The third-order valence-electron chi connectivity index (χ3n) is 3.31. The van der Waals surface area contributed by atoms with Crippen molar-refractivity contribution in [3.63, 3.8) is 0 Å². The van der Waals surface area contributed by atoms with E-state index in [4.69, 9.17) is 11.6 Å². The highest BCUT2D eigenvalue weighted by molar-refractivity contribution is 7.90. The smallest absolute Gasteiger partial charge is 0.303 e. The van der Waals surface area contributed by atoms with E-state index < -0.39 is 10.2 Å². The van der Waals surface area contributed by atoms with E-state index in [1.165, 1.54) is 10.5 Å². The van der Waals surface area contributed by atoms with E-state index in [0.29, 0.717) is 18.1 Å². The van der Waals surface area contributed by atoms with Crippen molar-refractivity contribution in [1.82, 2.24) is 14.6 Å². The van der Waals surface area contributed by atoms with Crippen LogP contribution in [0.25, 0.3) is 0 Å². The van der Waals surface area contributed by atoms with Gasteiger partial charge in [0, 0.05) is 25.3 Å². The van der Waals surface area contributed by atoms with Crippen molar-refractivity contribution in [1.29, 1.82) is 0 Å². The van der Waals surface area contributed by atoms with Crippen LogP contribution >= 0.6 is 11.6 Å². The van der Waals surface area contributed by atoms with Crippen molar-refractivity contribution >= 4 is 27.6 Å². The summed E-state index contributed by atoms with van der Waals surface area (Å²) in [6.07, 6.45) is 4.28. The zero-order valence-corrected chi connectivity index (χ0v) is 12.9. The van der Waals surface area contributed by atoms with Gasteiger partial charge in [0.2, 0.25) is 0 Å². The second kappa shape index (κ2) is 6.71. The summed E-state index contributed by atoms with van der Waals surface area (Å²) < 4.78 is 28.9. The van der Waals surface area contributed by atoms with Crippen molar-refractivity contribution in [3.8, 4) is 0 Å². The third-order valence-corrected chi connectivity index (χ3v) is 5.16. The summed E-state index contributed by atoms with van der Waals surface area (Å²) in [7, 11) is -1.81. The molecule has 1 aliphatic heterocycles. The highest BCUT2D eigenvalue weighted by atomic mass is 35.5. The Balaban J connectivity index is 2.18. The summed E-state index contributed by atoms with van der Waals surface area (Å²) in [6, 6.07) is 3.23. The van der Waals surface area contributed by atoms with Crippen LogP contribution in [0.1, 0.15) is 19.3 Å². The van der Waals surface area contributed by atoms with Gasteiger partial charge in [0.25, 0.3) is 0 Å². The normalized spacial score (nSPS) is 20.8. The predicted octanol–water partition coefficient (Wildman–Crippen LogP) is 1.47. The Morgan fingerprint density at radius 1 is 1.50 bits per heavy atom. The van der Waals surface area contributed by atoms with Gasteiger partial charge in [0.1, 0.15) is 0 Å². The van der Waals surface area contributed by atoms with Crippen molar-refractivity contribution in [3.05, 3.63) is 23.4 Å². The molecular weight excluding hydrogens is 300 g/mol. The standard InChI is InChI=1S/C12H19ClN4O2S/c1-14-9-10-5-2-3-8-17(10)20(18,19)16-12-11(13)6-4-7-15-12/h4,6-7,10,14H,2-3,5,8-9H2,1H3,(H,15,16). The lowest BCUT2D eigenvalue weighted by molar-refractivity contribution is 0.250. The number of hydrogen-bond donors (Lipinski definition) is 2. The first-order valence-corrected chi connectivity index (χ1v) is 8.41. The summed E-state index contributed by atoms with van der Waals surface area (Å²) >= 11 is 5.95. The molecule has 1 aromatic heterocycles. The van der Waals surface area contributed by atoms with E-state index >= 15 is 0 Å². The lowest BCUT2D eigenvalue weighted by Crippen LogP contribution is -2.50. The number of halogens is 1. The Hall–Kier alpha value is -0.890. The summed E-state index contributed by atoms with van der Waals surface area (Å²) in [5.74, 6) is 0.169. The molecule has 2 rings (SSSR count). The number of rotatable bonds is 5. The summed E-state index contributed by atoms with van der Waals surface area (Å²) in [5, 5.41) is 3.33. The first-order chi connectivity index (χ1) is 9.54. The first-order valence-electron chi connectivity index (χ1n) is 6.59. The van der Waals surface area contributed by atoms with Crippen molar-refractivity contribution in [2.45, 2.75) is 25.3 Å². The van der Waals surface area contributed by atoms with Crippen LogP contribution < -0.4 is 10.0 Å². The van der Waals surface area contributed by atoms with Gasteiger partial charge < -0.3 is 5.32 Å². The van der Waals surface area contributed by atoms with Crippen LogP contribution in [0.2, 0.25) is 5.02 Å². The molecule has 1 fully saturated rings. The molecule has 20 heavy (non-hydrogen) atoms. The molecular formula is C12H19ClN4O2S. The van der Waals surface area contributed by atoms with E-state index in [2.05, 4.69) is 15.0 Å². The number of likely N-dealkylation sites (N-methyl/N-ethyl adjacent to an activating group) is 1. The van der Waals surface area contributed by atoms with Crippen molar-refractivity contribution in [2.24, 2.45) is 0 Å². The van der Waals surface area contributed by atoms with E-state index in [1.54, 1.807) is 12.1 Å². The molecule has 1 aromatic rings. The fourth-order valence-electron chi connectivity index (χ4n) is 2.37. The molecule has 1 saturated heterocycles. The van der Waals surface area contributed by atoms with Gasteiger partial charge in [-0.05, 0) is 32.0 Å². The topological polar surface area (TPSA) is 74.3 Å². The lowest BCUT2D eigenvalue weighted by Gasteiger charge is -2.34. The maximum absolute atomic E-state index is 12.5. The molecule has 1 unspecified atom stereocenters. The van der Waals surface area contributed by atoms with Crippen LogP contribution in [0, 0.1) is 0 Å². The molecule has 1 atom stereocenters. The van der Waals surface area contributed by atoms with Crippen LogP contribution in [-0.2, 0) is 10.2 Å². The number of nitrogens with one attached hydrogen (secondary N) is 2. The number of anilines is 1. The molecule has 0 bridgehead atoms. The zero-order chi connectivity index (χ0) is 14.6. The molecule has 0 aliphatic carbocycles. The van der Waals surface area contributed by atoms with Crippen LogP contribution in [0.5, 0.6) is 0 Å². The largest absolute Gasteiger partial charge is 0.318 e. The summed E-state index contributed by atoms with van der Waals surface area (Å²) in [6.45, 7) is 1.16. The van der Waals surface area contributed by atoms with Gasteiger partial charge >= 0.3 is 10.2 Å². The summed E-state index contributed by atoms with van der Waals surface area (Å²) in [5.41, 5.74) is 0. The average Bonchev–Trinajstić information content (AvgIpc) is 2.42. The molecule has 0 saturated carbocycles. The Morgan fingerprint density at radius 2 is 2.30 bits per heavy atom. The maximum Gasteiger partial charge on any atom is 0.303 e. The van der Waals surface area contributed by atoms with Gasteiger partial charge in [0.15, 0.2) is 5.82 Å². The second-order valence-corrected chi connectivity index (χ2v) is 6.79. The Kier molecular flexibility index (Phi) is 5.20. The highest BCUT2D eigenvalue weighted by Gasteiger charge is 2.32. The Morgan fingerprint density at radius 3 is 3.00 bits per heavy atom. The van der Waals surface area contributed by atoms with Crippen LogP contribution in [0.15, 0.2) is 18.3 Å². The number of nitrogens with zero attached hydrogens (tertiary/aromatic N) is 2. The monoisotopic (exact) mass is 318 g/mol. The first kappa shape index (κ1) is 15.5. The minimum Gasteiger partial charge on any atom is -0.318 e. The quantitative estimate of drug-likeness (QED) is 0.862. The molecule has 0 aromatic carbocycles. The summed E-state index contributed by atoms with van der Waals surface area (Å²) in [4.78, 5) is 3.96. The molecule has 112 valence electrons. The minimum atomic E-state index is -3.63. The molecule has 0 spiro atoms. The fraction of sp³-hybridized carbons (Fsp3) is 0.583. The molecule has 8 heteroatoms. The van der Waals surface area contributed by atoms with Crippen LogP contribution in [-0.4, -0.2) is 43.9 Å². The van der Waals surface area contributed by atoms with Crippen LogP contribution in [0.4, 0.5) is 5.82 Å². The van der Waals surface area contributed by atoms with Crippen molar-refractivity contribution in [2.75, 3.05) is 24.9 Å². The zero-order valence-electron chi connectivity index (χ0n) is 11.3. The number of aromatic nitrogens is 1. The van der Waals surface area contributed by atoms with E-state index in [-0.39, 0.29) is 11.9 Å². The third kappa shape index (κ3) is 3.60. The molecule has 0 amide bonds. The molecule has 2 heterocycles. The maximum atomic E-state index is 12.5. The number of pyridine rings is 1. The van der Waals surface area contributed by atoms with Crippen molar-refractivity contribution < 1.29 is 8.42 Å². The molecule has 2 N–H and O–H groups in total. The van der Waals surface area contributed by atoms with Gasteiger partial charge in [-0.1, -0.05) is 18.0 Å². The van der Waals surface area contributed by atoms with Gasteiger partial charge in [-0.2, -0.15) is 12.7 Å². The molecule has 6 nitrogen and oxygen atoms in total. The number of hydrogen-bond acceptors (Lipinski definition) is 4. The van der Waals surface area contributed by atoms with Gasteiger partial charge in [-0.3, -0.25) is 4.72 Å². The van der Waals surface area contributed by atoms with E-state index in [0.717, 1.165) is 19.3 Å². The highest BCUT2D eigenvalue weighted by Crippen LogP contribution is 2.24. The second-order valence-electron chi connectivity index (χ2n) is 4.76. The van der Waals surface area contributed by atoms with Gasteiger partial charge in [0.05, 0.1) is 5.02 Å². The minimum absolute atomic E-state index is 0.0336.